The molecule has 0 radical (unpaired) electrons. The lowest BCUT2D eigenvalue weighted by Crippen LogP contribution is -2.59. The number of β-amino-alcohol motifs (C(OH)–C–C–N with tert-alkyl or cyclic N) is 1. The zero-order valence-corrected chi connectivity index (χ0v) is 12.1. The summed E-state index contributed by atoms with van der Waals surface area (Å²) >= 11 is 3.39. The summed E-state index contributed by atoms with van der Waals surface area (Å²) < 4.78 is 6.64. The molecular weight excluding hydrogens is 310 g/mol. The predicted octanol–water partition coefficient (Wildman–Crippen LogP) is 2.07. The highest BCUT2D eigenvalue weighted by molar-refractivity contribution is 9.10. The third kappa shape index (κ3) is 2.86. The van der Waals surface area contributed by atoms with E-state index >= 15 is 0 Å². The molecule has 0 unspecified atom stereocenters. The maximum atomic E-state index is 9.66. The molecule has 3 rings (SSSR count). The van der Waals surface area contributed by atoms with E-state index in [0.717, 1.165) is 10.0 Å². The van der Waals surface area contributed by atoms with Gasteiger partial charge in [0.1, 0.15) is 0 Å². The van der Waals surface area contributed by atoms with Crippen molar-refractivity contribution in [2.45, 2.75) is 19.1 Å². The fraction of sp³-hybridized carbons (Fsp3) is 0.385. The quantitative estimate of drug-likeness (QED) is 0.936. The Labute approximate surface area is 119 Å². The van der Waals surface area contributed by atoms with E-state index in [2.05, 4.69) is 31.0 Å². The van der Waals surface area contributed by atoms with Gasteiger partial charge in [-0.05, 0) is 31.2 Å². The summed E-state index contributed by atoms with van der Waals surface area (Å²) in [6.45, 7) is 3.69. The van der Waals surface area contributed by atoms with Gasteiger partial charge >= 0.3 is 0 Å². The van der Waals surface area contributed by atoms with E-state index in [0.29, 0.717) is 31.4 Å². The summed E-state index contributed by atoms with van der Waals surface area (Å²) in [5.74, 6) is 1.10. The molecule has 100 valence electrons. The Balaban J connectivity index is 1.68. The molecule has 0 saturated carbocycles. The summed E-state index contributed by atoms with van der Waals surface area (Å²) in [6.07, 6.45) is 0. The Hall–Kier alpha value is -1.24. The van der Waals surface area contributed by atoms with Crippen molar-refractivity contribution in [1.82, 2.24) is 15.1 Å². The van der Waals surface area contributed by atoms with Crippen molar-refractivity contribution >= 4 is 15.9 Å². The molecule has 0 atom stereocenters. The summed E-state index contributed by atoms with van der Waals surface area (Å²) in [5, 5.41) is 17.7. The van der Waals surface area contributed by atoms with Gasteiger partial charge in [-0.25, -0.2) is 0 Å². The lowest BCUT2D eigenvalue weighted by atomic mass is 9.97. The zero-order chi connectivity index (χ0) is 13.5. The number of benzene rings is 1. The van der Waals surface area contributed by atoms with Gasteiger partial charge < -0.3 is 9.52 Å². The third-order valence-corrected chi connectivity index (χ3v) is 3.57. The monoisotopic (exact) mass is 323 g/mol. The van der Waals surface area contributed by atoms with Crippen molar-refractivity contribution in [3.8, 4) is 11.5 Å². The second-order valence-electron chi connectivity index (χ2n) is 5.15. The van der Waals surface area contributed by atoms with Gasteiger partial charge in [0.05, 0.1) is 12.1 Å². The molecule has 0 bridgehead atoms. The van der Waals surface area contributed by atoms with Crippen LogP contribution in [0.15, 0.2) is 33.2 Å². The van der Waals surface area contributed by atoms with Gasteiger partial charge in [-0.3, -0.25) is 4.90 Å². The van der Waals surface area contributed by atoms with E-state index in [4.69, 9.17) is 4.42 Å². The molecule has 2 heterocycles. The second kappa shape index (κ2) is 4.70. The number of rotatable bonds is 3. The van der Waals surface area contributed by atoms with Crippen LogP contribution >= 0.6 is 15.9 Å². The average Bonchev–Trinajstić information content (AvgIpc) is 2.76. The molecule has 1 aromatic heterocycles. The average molecular weight is 324 g/mol. The molecule has 1 N–H and O–H groups in total. The molecule has 1 aliphatic rings. The molecule has 1 fully saturated rings. The van der Waals surface area contributed by atoms with Crippen LogP contribution in [0, 0.1) is 0 Å². The molecule has 0 aliphatic carbocycles. The van der Waals surface area contributed by atoms with Crippen LogP contribution in [0.5, 0.6) is 0 Å². The largest absolute Gasteiger partial charge is 0.419 e. The van der Waals surface area contributed by atoms with Crippen LogP contribution < -0.4 is 0 Å². The van der Waals surface area contributed by atoms with Crippen molar-refractivity contribution in [2.75, 3.05) is 13.1 Å². The molecule has 1 saturated heterocycles. The summed E-state index contributed by atoms with van der Waals surface area (Å²) in [5.41, 5.74) is 0.326. The third-order valence-electron chi connectivity index (χ3n) is 3.05. The van der Waals surface area contributed by atoms with Gasteiger partial charge in [-0.2, -0.15) is 0 Å². The van der Waals surface area contributed by atoms with Crippen LogP contribution in [0.4, 0.5) is 0 Å². The van der Waals surface area contributed by atoms with Crippen LogP contribution in [0.1, 0.15) is 12.8 Å². The Morgan fingerprint density at radius 3 is 2.63 bits per heavy atom. The van der Waals surface area contributed by atoms with Gasteiger partial charge in [0.25, 0.3) is 0 Å². The molecule has 2 aromatic rings. The molecule has 5 nitrogen and oxygen atoms in total. The molecule has 1 aliphatic heterocycles. The van der Waals surface area contributed by atoms with Crippen molar-refractivity contribution < 1.29 is 9.52 Å². The highest BCUT2D eigenvalue weighted by Gasteiger charge is 2.36. The molecule has 19 heavy (non-hydrogen) atoms. The highest BCUT2D eigenvalue weighted by Crippen LogP contribution is 2.24. The lowest BCUT2D eigenvalue weighted by Gasteiger charge is -2.43. The van der Waals surface area contributed by atoms with Gasteiger partial charge in [-0.15, -0.1) is 10.2 Å². The summed E-state index contributed by atoms with van der Waals surface area (Å²) in [6, 6.07) is 7.73. The SMILES string of the molecule is CC1(O)CN(Cc2nnc(-c3ccc(Br)cc3)o2)C1. The second-order valence-corrected chi connectivity index (χ2v) is 6.07. The lowest BCUT2D eigenvalue weighted by molar-refractivity contribution is -0.0896. The van der Waals surface area contributed by atoms with E-state index in [1.54, 1.807) is 0 Å². The van der Waals surface area contributed by atoms with Crippen molar-refractivity contribution in [3.05, 3.63) is 34.6 Å². The number of hydrogen-bond donors (Lipinski definition) is 1. The van der Waals surface area contributed by atoms with Crippen LogP contribution in [-0.2, 0) is 6.54 Å². The van der Waals surface area contributed by atoms with Gasteiger partial charge in [0.2, 0.25) is 11.8 Å². The van der Waals surface area contributed by atoms with Crippen LogP contribution in [0.25, 0.3) is 11.5 Å². The first-order chi connectivity index (χ1) is 9.02. The number of hydrogen-bond acceptors (Lipinski definition) is 5. The molecular formula is C13H14BrN3O2. The Bertz CT molecular complexity index is 572. The zero-order valence-electron chi connectivity index (χ0n) is 10.5. The Morgan fingerprint density at radius 1 is 1.32 bits per heavy atom. The van der Waals surface area contributed by atoms with Crippen molar-refractivity contribution in [1.29, 1.82) is 0 Å². The number of nitrogens with zero attached hydrogens (tertiary/aromatic N) is 3. The highest BCUT2D eigenvalue weighted by atomic mass is 79.9. The summed E-state index contributed by atoms with van der Waals surface area (Å²) in [4.78, 5) is 2.07. The minimum absolute atomic E-state index is 0.523. The van der Waals surface area contributed by atoms with E-state index in [1.807, 2.05) is 31.2 Å². The van der Waals surface area contributed by atoms with Gasteiger partial charge in [0.15, 0.2) is 0 Å². The number of aromatic nitrogens is 2. The maximum Gasteiger partial charge on any atom is 0.247 e. The number of halogens is 1. The number of aliphatic hydroxyl groups is 1. The van der Waals surface area contributed by atoms with Gasteiger partial charge in [0, 0.05) is 23.1 Å². The van der Waals surface area contributed by atoms with E-state index in [-0.39, 0.29) is 0 Å². The maximum absolute atomic E-state index is 9.66. The van der Waals surface area contributed by atoms with E-state index in [1.165, 1.54) is 0 Å². The Morgan fingerprint density at radius 2 is 2.00 bits per heavy atom. The smallest absolute Gasteiger partial charge is 0.247 e. The van der Waals surface area contributed by atoms with Crippen molar-refractivity contribution in [2.24, 2.45) is 0 Å². The topological polar surface area (TPSA) is 62.4 Å². The normalized spacial score (nSPS) is 18.3. The molecule has 0 spiro atoms. The van der Waals surface area contributed by atoms with Gasteiger partial charge in [-0.1, -0.05) is 15.9 Å². The fourth-order valence-corrected chi connectivity index (χ4v) is 2.51. The number of likely N-dealkylation sites (tertiary alicyclic amines) is 1. The van der Waals surface area contributed by atoms with Crippen molar-refractivity contribution in [3.63, 3.8) is 0 Å². The molecule has 6 heteroatoms. The predicted molar refractivity (Wildman–Crippen MR) is 73.3 cm³/mol. The van der Waals surface area contributed by atoms with E-state index in [9.17, 15) is 5.11 Å². The van der Waals surface area contributed by atoms with Crippen LogP contribution in [-0.4, -0.2) is 38.9 Å². The molecule has 1 aromatic carbocycles. The van der Waals surface area contributed by atoms with Crippen LogP contribution in [0.3, 0.4) is 0 Å². The van der Waals surface area contributed by atoms with E-state index < -0.39 is 5.60 Å². The first kappa shape index (κ1) is 12.8. The Kier molecular flexibility index (Phi) is 3.16. The minimum Gasteiger partial charge on any atom is -0.419 e. The standard InChI is InChI=1S/C13H14BrN3O2/c1-13(18)7-17(8-13)6-11-15-16-12(19-11)9-2-4-10(14)5-3-9/h2-5,18H,6-8H2,1H3. The first-order valence-electron chi connectivity index (χ1n) is 6.05. The fourth-order valence-electron chi connectivity index (χ4n) is 2.25. The minimum atomic E-state index is -0.575. The summed E-state index contributed by atoms with van der Waals surface area (Å²) in [7, 11) is 0. The van der Waals surface area contributed by atoms with Crippen LogP contribution in [0.2, 0.25) is 0 Å². The molecule has 0 amide bonds. The first-order valence-corrected chi connectivity index (χ1v) is 6.84.